The highest BCUT2D eigenvalue weighted by atomic mass is 79.9. The summed E-state index contributed by atoms with van der Waals surface area (Å²) in [5, 5.41) is 0. The van der Waals surface area contributed by atoms with Crippen LogP contribution in [0.15, 0.2) is 19.7 Å². The summed E-state index contributed by atoms with van der Waals surface area (Å²) in [5.74, 6) is 0. The summed E-state index contributed by atoms with van der Waals surface area (Å²) in [6, 6.07) is 4.32. The van der Waals surface area contributed by atoms with Gasteiger partial charge in [0.1, 0.15) is 0 Å². The van der Waals surface area contributed by atoms with Crippen molar-refractivity contribution in [2.75, 3.05) is 0 Å². The number of fused-ring (bicyclic) bond motifs is 2. The Labute approximate surface area is 181 Å². The van der Waals surface area contributed by atoms with Crippen LogP contribution >= 0.6 is 54.5 Å². The van der Waals surface area contributed by atoms with E-state index >= 15 is 0 Å². The van der Waals surface area contributed by atoms with Crippen LogP contribution < -0.4 is 0 Å². The molecule has 0 amide bonds. The Balaban J connectivity index is 1.52. The third-order valence-electron chi connectivity index (χ3n) is 4.93. The van der Waals surface area contributed by atoms with Crippen molar-refractivity contribution in [3.63, 3.8) is 0 Å². The number of aryl methyl sites for hydroxylation is 1. The lowest BCUT2D eigenvalue weighted by Crippen LogP contribution is -1.89. The Morgan fingerprint density at radius 1 is 0.731 bits per heavy atom. The minimum absolute atomic E-state index is 1.14. The second-order valence-corrected chi connectivity index (χ2v) is 11.9. The van der Waals surface area contributed by atoms with E-state index in [2.05, 4.69) is 50.9 Å². The van der Waals surface area contributed by atoms with Gasteiger partial charge in [0.15, 0.2) is 0 Å². The van der Waals surface area contributed by atoms with Crippen molar-refractivity contribution in [1.82, 2.24) is 4.98 Å². The Bertz CT molecular complexity index is 783. The highest BCUT2D eigenvalue weighted by molar-refractivity contribution is 9.11. The fraction of sp³-hybridized carbons (Fsp3) is 0.571. The maximum atomic E-state index is 4.84. The molecule has 3 heterocycles. The average Bonchev–Trinajstić information content (AvgIpc) is 3.16. The lowest BCUT2D eigenvalue weighted by atomic mass is 10.0. The molecule has 5 heteroatoms. The highest BCUT2D eigenvalue weighted by Gasteiger charge is 2.14. The van der Waals surface area contributed by atoms with Gasteiger partial charge in [-0.1, -0.05) is 64.7 Å². The first kappa shape index (κ1) is 20.8. The number of hydrogen-bond acceptors (Lipinski definition) is 3. The molecule has 0 N–H and O–H groups in total. The zero-order valence-corrected chi connectivity index (χ0v) is 20.3. The standard InChI is InChI=1S/C21H27Br2NS2/c1-2-3-4-5-6-7-8-9-10-11-12-15-20-16(13-18(22)25-20)24-17-14-19(23)26-21(15)17/h13-14H,2-12H2,1H3. The lowest BCUT2D eigenvalue weighted by Gasteiger charge is -2.06. The van der Waals surface area contributed by atoms with Crippen molar-refractivity contribution in [2.24, 2.45) is 0 Å². The van der Waals surface area contributed by atoms with Crippen molar-refractivity contribution in [3.05, 3.63) is 25.3 Å². The van der Waals surface area contributed by atoms with E-state index in [9.17, 15) is 0 Å². The first-order valence-electron chi connectivity index (χ1n) is 9.86. The third-order valence-corrected chi connectivity index (χ3v) is 8.31. The van der Waals surface area contributed by atoms with Crippen LogP contribution in [0.25, 0.3) is 20.4 Å². The molecule has 1 nitrogen and oxygen atoms in total. The minimum Gasteiger partial charge on any atom is -0.246 e. The highest BCUT2D eigenvalue weighted by Crippen LogP contribution is 2.40. The van der Waals surface area contributed by atoms with Gasteiger partial charge in [-0.3, -0.25) is 0 Å². The molecule has 0 aliphatic heterocycles. The first-order valence-corrected chi connectivity index (χ1v) is 13.1. The van der Waals surface area contributed by atoms with Gasteiger partial charge in [-0.25, -0.2) is 4.98 Å². The molecule has 0 aliphatic rings. The van der Waals surface area contributed by atoms with Gasteiger partial charge in [0.25, 0.3) is 0 Å². The molecule has 0 aliphatic carbocycles. The van der Waals surface area contributed by atoms with Crippen molar-refractivity contribution in [2.45, 2.75) is 77.6 Å². The van der Waals surface area contributed by atoms with E-state index in [1.54, 1.807) is 0 Å². The second-order valence-electron chi connectivity index (χ2n) is 7.05. The molecule has 0 spiro atoms. The Morgan fingerprint density at radius 3 is 1.69 bits per heavy atom. The van der Waals surface area contributed by atoms with Crippen molar-refractivity contribution < 1.29 is 0 Å². The molecule has 142 valence electrons. The molecule has 3 rings (SSSR count). The predicted molar refractivity (Wildman–Crippen MR) is 126 cm³/mol. The monoisotopic (exact) mass is 515 g/mol. The normalized spacial score (nSPS) is 11.8. The average molecular weight is 517 g/mol. The Kier molecular flexibility index (Phi) is 8.41. The van der Waals surface area contributed by atoms with Crippen LogP contribution in [-0.2, 0) is 6.42 Å². The topological polar surface area (TPSA) is 12.9 Å². The number of halogens is 2. The number of pyridine rings is 1. The van der Waals surface area contributed by atoms with Gasteiger partial charge in [-0.05, 0) is 62.4 Å². The Morgan fingerprint density at radius 2 is 1.19 bits per heavy atom. The molecule has 0 bridgehead atoms. The quantitative estimate of drug-likeness (QED) is 0.231. The van der Waals surface area contributed by atoms with E-state index in [0.717, 1.165) is 11.0 Å². The van der Waals surface area contributed by atoms with Crippen LogP contribution in [0.1, 0.15) is 76.7 Å². The minimum atomic E-state index is 1.14. The number of aromatic nitrogens is 1. The predicted octanol–water partition coefficient (Wildman–Crippen LogP) is 9.50. The van der Waals surface area contributed by atoms with Crippen LogP contribution in [0.2, 0.25) is 0 Å². The summed E-state index contributed by atoms with van der Waals surface area (Å²) in [6.07, 6.45) is 15.1. The first-order chi connectivity index (χ1) is 12.7. The molecule has 26 heavy (non-hydrogen) atoms. The molecule has 3 aromatic heterocycles. The summed E-state index contributed by atoms with van der Waals surface area (Å²) in [6.45, 7) is 2.29. The van der Waals surface area contributed by atoms with Crippen molar-refractivity contribution in [3.8, 4) is 0 Å². The summed E-state index contributed by atoms with van der Waals surface area (Å²) in [5.41, 5.74) is 3.79. The van der Waals surface area contributed by atoms with E-state index in [0.29, 0.717) is 0 Å². The molecule has 0 radical (unpaired) electrons. The molecular weight excluding hydrogens is 490 g/mol. The van der Waals surface area contributed by atoms with Gasteiger partial charge in [0.05, 0.1) is 28.0 Å². The van der Waals surface area contributed by atoms with Crippen molar-refractivity contribution in [1.29, 1.82) is 0 Å². The summed E-state index contributed by atoms with van der Waals surface area (Å²) >= 11 is 10.9. The number of thiophene rings is 2. The lowest BCUT2D eigenvalue weighted by molar-refractivity contribution is 0.557. The SMILES string of the molecule is CCCCCCCCCCCCc1c2sc(Br)cc2nc2cc(Br)sc12. The fourth-order valence-corrected chi connectivity index (χ4v) is 6.83. The number of nitrogens with zero attached hydrogens (tertiary/aromatic N) is 1. The van der Waals surface area contributed by atoms with Crippen LogP contribution in [0, 0.1) is 0 Å². The fourth-order valence-electron chi connectivity index (χ4n) is 3.55. The molecule has 0 unspecified atom stereocenters. The van der Waals surface area contributed by atoms with Gasteiger partial charge < -0.3 is 0 Å². The second kappa shape index (κ2) is 10.5. The number of rotatable bonds is 11. The molecule has 3 aromatic rings. The van der Waals surface area contributed by atoms with Gasteiger partial charge >= 0.3 is 0 Å². The van der Waals surface area contributed by atoms with Gasteiger partial charge in [-0.15, -0.1) is 22.7 Å². The smallest absolute Gasteiger partial charge is 0.0832 e. The van der Waals surface area contributed by atoms with Gasteiger partial charge in [0, 0.05) is 0 Å². The maximum absolute atomic E-state index is 4.84. The van der Waals surface area contributed by atoms with E-state index in [1.807, 2.05) is 22.7 Å². The van der Waals surface area contributed by atoms with Crippen LogP contribution in [0.3, 0.4) is 0 Å². The summed E-state index contributed by atoms with van der Waals surface area (Å²) in [7, 11) is 0. The summed E-state index contributed by atoms with van der Waals surface area (Å²) < 4.78 is 5.10. The molecule has 0 fully saturated rings. The van der Waals surface area contributed by atoms with E-state index in [1.165, 1.54) is 93.2 Å². The zero-order valence-electron chi connectivity index (χ0n) is 15.5. The van der Waals surface area contributed by atoms with Gasteiger partial charge in [-0.2, -0.15) is 0 Å². The zero-order chi connectivity index (χ0) is 18.4. The number of hydrogen-bond donors (Lipinski definition) is 0. The van der Waals surface area contributed by atoms with Crippen LogP contribution in [0.4, 0.5) is 0 Å². The summed E-state index contributed by atoms with van der Waals surface area (Å²) in [4.78, 5) is 4.84. The molecular formula is C21H27Br2NS2. The van der Waals surface area contributed by atoms with E-state index in [-0.39, 0.29) is 0 Å². The van der Waals surface area contributed by atoms with E-state index < -0.39 is 0 Å². The molecule has 0 saturated heterocycles. The Hall–Kier alpha value is 0.0300. The number of unbranched alkanes of at least 4 members (excludes halogenated alkanes) is 9. The van der Waals surface area contributed by atoms with Gasteiger partial charge in [0.2, 0.25) is 0 Å². The van der Waals surface area contributed by atoms with E-state index in [4.69, 9.17) is 4.98 Å². The van der Waals surface area contributed by atoms with Crippen molar-refractivity contribution >= 4 is 75.0 Å². The molecule has 0 saturated carbocycles. The largest absolute Gasteiger partial charge is 0.246 e. The maximum Gasteiger partial charge on any atom is 0.0832 e. The van der Waals surface area contributed by atoms with Crippen LogP contribution in [0.5, 0.6) is 0 Å². The molecule has 0 atom stereocenters. The molecule has 0 aromatic carbocycles. The van der Waals surface area contributed by atoms with Crippen LogP contribution in [-0.4, -0.2) is 4.98 Å². The third kappa shape index (κ3) is 5.52.